The average molecular weight is 347 g/mol. The zero-order valence-corrected chi connectivity index (χ0v) is 15.9. The molecule has 0 atom stereocenters. The second-order valence-electron chi connectivity index (χ2n) is 6.71. The van der Waals surface area contributed by atoms with Crippen LogP contribution in [0.25, 0.3) is 0 Å². The Kier molecular flexibility index (Phi) is 9.37. The number of aliphatic imine (C=N–C) groups is 1. The largest absolute Gasteiger partial charge is 0.385 e. The Balaban J connectivity index is 1.64. The minimum atomic E-state index is 0.799. The second-order valence-corrected chi connectivity index (χ2v) is 6.71. The highest BCUT2D eigenvalue weighted by atomic mass is 16.5. The van der Waals surface area contributed by atoms with Gasteiger partial charge in [0, 0.05) is 40.4 Å². The summed E-state index contributed by atoms with van der Waals surface area (Å²) in [7, 11) is 3.57. The highest BCUT2D eigenvalue weighted by Crippen LogP contribution is 2.13. The second kappa shape index (κ2) is 11.9. The van der Waals surface area contributed by atoms with E-state index in [2.05, 4.69) is 44.8 Å². The van der Waals surface area contributed by atoms with Crippen molar-refractivity contribution in [1.82, 2.24) is 15.5 Å². The summed E-state index contributed by atoms with van der Waals surface area (Å²) in [6, 6.07) is 8.94. The van der Waals surface area contributed by atoms with Gasteiger partial charge in [0.2, 0.25) is 0 Å². The lowest BCUT2D eigenvalue weighted by atomic mass is 10.1. The third kappa shape index (κ3) is 7.88. The molecule has 0 spiro atoms. The van der Waals surface area contributed by atoms with E-state index in [9.17, 15) is 0 Å². The molecule has 0 bridgehead atoms. The van der Waals surface area contributed by atoms with E-state index in [0.717, 1.165) is 45.0 Å². The van der Waals surface area contributed by atoms with Crippen LogP contribution < -0.4 is 10.6 Å². The predicted molar refractivity (Wildman–Crippen MR) is 105 cm³/mol. The van der Waals surface area contributed by atoms with Crippen molar-refractivity contribution in [3.05, 3.63) is 35.4 Å². The van der Waals surface area contributed by atoms with Crippen LogP contribution in [0.2, 0.25) is 0 Å². The van der Waals surface area contributed by atoms with Gasteiger partial charge in [0.05, 0.1) is 0 Å². The number of likely N-dealkylation sites (tertiary alicyclic amines) is 1. The summed E-state index contributed by atoms with van der Waals surface area (Å²) in [4.78, 5) is 6.82. The number of ether oxygens (including phenoxy) is 1. The highest BCUT2D eigenvalue weighted by molar-refractivity contribution is 5.79. The molecule has 1 aliphatic heterocycles. The molecule has 0 saturated carbocycles. The minimum absolute atomic E-state index is 0.799. The fraction of sp³-hybridized carbons (Fsp3) is 0.650. The quantitative estimate of drug-likeness (QED) is 0.389. The highest BCUT2D eigenvalue weighted by Gasteiger charge is 2.11. The molecular weight excluding hydrogens is 312 g/mol. The van der Waals surface area contributed by atoms with Crippen molar-refractivity contribution in [2.45, 2.75) is 45.2 Å². The van der Waals surface area contributed by atoms with Crippen molar-refractivity contribution in [3.8, 4) is 0 Å². The van der Waals surface area contributed by atoms with E-state index >= 15 is 0 Å². The summed E-state index contributed by atoms with van der Waals surface area (Å²) >= 11 is 0. The van der Waals surface area contributed by atoms with E-state index in [0.29, 0.717) is 0 Å². The first-order valence-electron chi connectivity index (χ1n) is 9.55. The van der Waals surface area contributed by atoms with E-state index in [1.807, 2.05) is 7.05 Å². The van der Waals surface area contributed by atoms with Gasteiger partial charge in [0.25, 0.3) is 0 Å². The fourth-order valence-electron chi connectivity index (χ4n) is 3.12. The Morgan fingerprint density at radius 2 is 1.76 bits per heavy atom. The van der Waals surface area contributed by atoms with Gasteiger partial charge in [-0.1, -0.05) is 24.3 Å². The van der Waals surface area contributed by atoms with Crippen molar-refractivity contribution in [2.24, 2.45) is 4.99 Å². The standard InChI is InChI=1S/C20H34N4O/c1-21-20(22-12-4-3-7-15-25-2)23-16-18-8-10-19(11-9-18)17-24-13-5-6-14-24/h8-11H,3-7,12-17H2,1-2H3,(H2,21,22,23). The molecule has 1 saturated heterocycles. The average Bonchev–Trinajstić information content (AvgIpc) is 3.15. The molecule has 0 amide bonds. The van der Waals surface area contributed by atoms with Crippen LogP contribution in [0.15, 0.2) is 29.3 Å². The first-order valence-corrected chi connectivity index (χ1v) is 9.55. The number of unbranched alkanes of at least 4 members (excludes halogenated alkanes) is 2. The molecule has 140 valence electrons. The lowest BCUT2D eigenvalue weighted by molar-refractivity contribution is 0.192. The monoisotopic (exact) mass is 346 g/mol. The van der Waals surface area contributed by atoms with Crippen LogP contribution in [0.4, 0.5) is 0 Å². The summed E-state index contributed by atoms with van der Waals surface area (Å²) in [5, 5.41) is 6.75. The maximum Gasteiger partial charge on any atom is 0.191 e. The van der Waals surface area contributed by atoms with Crippen LogP contribution in [-0.2, 0) is 17.8 Å². The number of rotatable bonds is 10. The molecule has 0 aromatic heterocycles. The Labute approximate surface area is 152 Å². The van der Waals surface area contributed by atoms with Crippen LogP contribution in [-0.4, -0.2) is 51.3 Å². The molecule has 1 aromatic rings. The Morgan fingerprint density at radius 1 is 1.04 bits per heavy atom. The first-order chi connectivity index (χ1) is 12.3. The summed E-state index contributed by atoms with van der Waals surface area (Å²) in [6.45, 7) is 6.17. The number of nitrogens with one attached hydrogen (secondary N) is 2. The zero-order chi connectivity index (χ0) is 17.7. The smallest absolute Gasteiger partial charge is 0.191 e. The van der Waals surface area contributed by atoms with E-state index < -0.39 is 0 Å². The molecule has 25 heavy (non-hydrogen) atoms. The summed E-state index contributed by atoms with van der Waals surface area (Å²) < 4.78 is 5.06. The Morgan fingerprint density at radius 3 is 2.44 bits per heavy atom. The number of hydrogen-bond donors (Lipinski definition) is 2. The van der Waals surface area contributed by atoms with E-state index in [4.69, 9.17) is 4.74 Å². The molecule has 1 aromatic carbocycles. The van der Waals surface area contributed by atoms with Gasteiger partial charge >= 0.3 is 0 Å². The lowest BCUT2D eigenvalue weighted by Gasteiger charge is -2.15. The minimum Gasteiger partial charge on any atom is -0.385 e. The summed E-state index contributed by atoms with van der Waals surface area (Å²) in [5.74, 6) is 0.868. The number of nitrogens with zero attached hydrogens (tertiary/aromatic N) is 2. The fourth-order valence-corrected chi connectivity index (χ4v) is 3.12. The summed E-state index contributed by atoms with van der Waals surface area (Å²) in [6.07, 6.45) is 6.13. The molecule has 0 radical (unpaired) electrons. The van der Waals surface area contributed by atoms with E-state index in [-0.39, 0.29) is 0 Å². The molecule has 1 fully saturated rings. The Hall–Kier alpha value is -1.59. The maximum atomic E-state index is 5.06. The van der Waals surface area contributed by atoms with Crippen LogP contribution in [0.3, 0.4) is 0 Å². The molecule has 0 aliphatic carbocycles. The molecule has 1 heterocycles. The van der Waals surface area contributed by atoms with Crippen LogP contribution >= 0.6 is 0 Å². The zero-order valence-electron chi connectivity index (χ0n) is 15.9. The normalized spacial score (nSPS) is 15.5. The van der Waals surface area contributed by atoms with Crippen molar-refractivity contribution < 1.29 is 4.74 Å². The molecule has 2 rings (SSSR count). The van der Waals surface area contributed by atoms with Crippen molar-refractivity contribution >= 4 is 5.96 Å². The molecule has 2 N–H and O–H groups in total. The maximum absolute atomic E-state index is 5.06. The Bertz CT molecular complexity index is 495. The SMILES string of the molecule is CN=C(NCCCCCOC)NCc1ccc(CN2CCCC2)cc1. The molecular formula is C20H34N4O. The molecule has 5 nitrogen and oxygen atoms in total. The number of hydrogen-bond acceptors (Lipinski definition) is 3. The van der Waals surface area contributed by atoms with E-state index in [1.165, 1.54) is 43.5 Å². The van der Waals surface area contributed by atoms with Gasteiger partial charge in [-0.05, 0) is 56.3 Å². The predicted octanol–water partition coefficient (Wildman–Crippen LogP) is 2.76. The van der Waals surface area contributed by atoms with Gasteiger partial charge in [-0.15, -0.1) is 0 Å². The lowest BCUT2D eigenvalue weighted by Crippen LogP contribution is -2.37. The number of benzene rings is 1. The van der Waals surface area contributed by atoms with Crippen LogP contribution in [0, 0.1) is 0 Å². The van der Waals surface area contributed by atoms with Gasteiger partial charge in [0.15, 0.2) is 5.96 Å². The van der Waals surface area contributed by atoms with Gasteiger partial charge < -0.3 is 15.4 Å². The third-order valence-electron chi connectivity index (χ3n) is 4.63. The number of guanidine groups is 1. The summed E-state index contributed by atoms with van der Waals surface area (Å²) in [5.41, 5.74) is 2.69. The van der Waals surface area contributed by atoms with Crippen LogP contribution in [0.5, 0.6) is 0 Å². The first kappa shape index (κ1) is 19.7. The topological polar surface area (TPSA) is 48.9 Å². The van der Waals surface area contributed by atoms with Crippen molar-refractivity contribution in [1.29, 1.82) is 0 Å². The molecule has 5 heteroatoms. The molecule has 1 aliphatic rings. The van der Waals surface area contributed by atoms with Gasteiger partial charge in [0.1, 0.15) is 0 Å². The number of methoxy groups -OCH3 is 1. The van der Waals surface area contributed by atoms with Gasteiger partial charge in [-0.3, -0.25) is 9.89 Å². The van der Waals surface area contributed by atoms with Crippen molar-refractivity contribution in [2.75, 3.05) is 40.4 Å². The van der Waals surface area contributed by atoms with E-state index in [1.54, 1.807) is 7.11 Å². The van der Waals surface area contributed by atoms with Crippen molar-refractivity contribution in [3.63, 3.8) is 0 Å². The van der Waals surface area contributed by atoms with Gasteiger partial charge in [-0.25, -0.2) is 0 Å². The van der Waals surface area contributed by atoms with Crippen LogP contribution in [0.1, 0.15) is 43.2 Å². The van der Waals surface area contributed by atoms with Gasteiger partial charge in [-0.2, -0.15) is 0 Å². The third-order valence-corrected chi connectivity index (χ3v) is 4.63. The molecule has 0 unspecified atom stereocenters.